The summed E-state index contributed by atoms with van der Waals surface area (Å²) >= 11 is 5.90. The molecule has 1 saturated heterocycles. The van der Waals surface area contributed by atoms with Crippen molar-refractivity contribution < 1.29 is 9.53 Å². The van der Waals surface area contributed by atoms with Crippen molar-refractivity contribution >= 4 is 17.6 Å². The van der Waals surface area contributed by atoms with Gasteiger partial charge in [0.1, 0.15) is 12.1 Å². The summed E-state index contributed by atoms with van der Waals surface area (Å²) in [6, 6.07) is 7.26. The quantitative estimate of drug-likeness (QED) is 0.834. The first-order valence-corrected chi connectivity index (χ1v) is 8.08. The summed E-state index contributed by atoms with van der Waals surface area (Å²) in [6.07, 6.45) is 4.24. The fourth-order valence-electron chi connectivity index (χ4n) is 2.79. The Hall–Kier alpha value is -1.85. The minimum Gasteiger partial charge on any atom is -0.351 e. The summed E-state index contributed by atoms with van der Waals surface area (Å²) in [7, 11) is 0. The van der Waals surface area contributed by atoms with Crippen LogP contribution in [0.4, 0.5) is 4.79 Å². The van der Waals surface area contributed by atoms with E-state index in [4.69, 9.17) is 16.3 Å². The van der Waals surface area contributed by atoms with Gasteiger partial charge in [0.25, 0.3) is 0 Å². The zero-order chi connectivity index (χ0) is 16.6. The zero-order valence-electron chi connectivity index (χ0n) is 13.5. The normalized spacial score (nSPS) is 20.0. The minimum atomic E-state index is -0.609. The van der Waals surface area contributed by atoms with Crippen LogP contribution in [0.2, 0.25) is 5.02 Å². The Labute approximate surface area is 140 Å². The number of rotatable bonds is 2. The number of halogens is 1. The van der Waals surface area contributed by atoms with E-state index in [2.05, 4.69) is 11.9 Å². The molecular formula is C17H20ClN3O2. The van der Waals surface area contributed by atoms with Gasteiger partial charge >= 0.3 is 6.03 Å². The van der Waals surface area contributed by atoms with E-state index in [-0.39, 0.29) is 12.1 Å². The number of hydrogen-bond acceptors (Lipinski definition) is 3. The van der Waals surface area contributed by atoms with Crippen molar-refractivity contribution in [1.29, 1.82) is 0 Å². The van der Waals surface area contributed by atoms with Crippen LogP contribution in [0.15, 0.2) is 36.8 Å². The zero-order valence-corrected chi connectivity index (χ0v) is 14.2. The van der Waals surface area contributed by atoms with E-state index in [1.807, 2.05) is 26.0 Å². The van der Waals surface area contributed by atoms with Crippen molar-refractivity contribution in [1.82, 2.24) is 14.5 Å². The van der Waals surface area contributed by atoms with Crippen molar-refractivity contribution in [2.45, 2.75) is 39.0 Å². The molecular weight excluding hydrogens is 314 g/mol. The molecule has 0 radical (unpaired) electrons. The number of aromatic nitrogens is 2. The fraction of sp³-hybridized carbons (Fsp3) is 0.412. The number of amides is 1. The predicted molar refractivity (Wildman–Crippen MR) is 89.4 cm³/mol. The number of hydrogen-bond donors (Lipinski definition) is 0. The number of nitrogens with zero attached hydrogens (tertiary/aromatic N) is 3. The molecule has 1 amide bonds. The first kappa shape index (κ1) is 16.0. The molecule has 1 aliphatic heterocycles. The Balaban J connectivity index is 1.83. The SMILES string of the molecule is CCC1CN(C(=O)n2cnc(-c3ccc(Cl)cc3)c2)C(C)(C)O1. The van der Waals surface area contributed by atoms with E-state index >= 15 is 0 Å². The minimum absolute atomic E-state index is 0.0770. The topological polar surface area (TPSA) is 47.4 Å². The van der Waals surface area contributed by atoms with Crippen LogP contribution in [0.25, 0.3) is 11.3 Å². The van der Waals surface area contributed by atoms with E-state index in [9.17, 15) is 4.79 Å². The average Bonchev–Trinajstić information content (AvgIpc) is 3.11. The largest absolute Gasteiger partial charge is 0.351 e. The second-order valence-electron chi connectivity index (χ2n) is 6.16. The lowest BCUT2D eigenvalue weighted by Gasteiger charge is -2.29. The fourth-order valence-corrected chi connectivity index (χ4v) is 2.92. The van der Waals surface area contributed by atoms with Gasteiger partial charge in [-0.05, 0) is 32.4 Å². The molecule has 3 rings (SSSR count). The van der Waals surface area contributed by atoms with Crippen LogP contribution in [-0.2, 0) is 4.74 Å². The van der Waals surface area contributed by atoms with Gasteiger partial charge in [0, 0.05) is 16.8 Å². The summed E-state index contributed by atoms with van der Waals surface area (Å²) < 4.78 is 7.42. The molecule has 1 aromatic heterocycles. The van der Waals surface area contributed by atoms with Crippen LogP contribution in [0.5, 0.6) is 0 Å². The molecule has 2 aromatic rings. The van der Waals surface area contributed by atoms with Gasteiger partial charge in [-0.1, -0.05) is 30.7 Å². The molecule has 6 heteroatoms. The van der Waals surface area contributed by atoms with Gasteiger partial charge in [0.15, 0.2) is 0 Å². The number of carbonyl (C=O) groups excluding carboxylic acids is 1. The Morgan fingerprint density at radius 3 is 2.70 bits per heavy atom. The molecule has 122 valence electrons. The third-order valence-electron chi connectivity index (χ3n) is 4.12. The number of benzene rings is 1. The second-order valence-corrected chi connectivity index (χ2v) is 6.60. The maximum atomic E-state index is 12.8. The third-order valence-corrected chi connectivity index (χ3v) is 4.37. The van der Waals surface area contributed by atoms with Gasteiger partial charge in [-0.3, -0.25) is 9.47 Å². The summed E-state index contributed by atoms with van der Waals surface area (Å²) in [5, 5.41) is 0.672. The molecule has 1 atom stereocenters. The Kier molecular flexibility index (Phi) is 4.17. The van der Waals surface area contributed by atoms with Gasteiger partial charge in [-0.25, -0.2) is 9.78 Å². The monoisotopic (exact) mass is 333 g/mol. The summed E-state index contributed by atoms with van der Waals surface area (Å²) in [5.74, 6) is 0. The van der Waals surface area contributed by atoms with Crippen LogP contribution >= 0.6 is 11.6 Å². The lowest BCUT2D eigenvalue weighted by atomic mass is 10.2. The second kappa shape index (κ2) is 5.98. The smallest absolute Gasteiger partial charge is 0.331 e. The van der Waals surface area contributed by atoms with Crippen LogP contribution in [0.3, 0.4) is 0 Å². The Bertz CT molecular complexity index is 709. The number of imidazole rings is 1. The first-order valence-electron chi connectivity index (χ1n) is 7.70. The molecule has 1 aliphatic rings. The highest BCUT2D eigenvalue weighted by Crippen LogP contribution is 2.29. The van der Waals surface area contributed by atoms with E-state index < -0.39 is 5.72 Å². The highest BCUT2D eigenvalue weighted by atomic mass is 35.5. The molecule has 0 spiro atoms. The van der Waals surface area contributed by atoms with Gasteiger partial charge in [0.05, 0.1) is 18.3 Å². The average molecular weight is 334 g/mol. The molecule has 23 heavy (non-hydrogen) atoms. The molecule has 5 nitrogen and oxygen atoms in total. The third kappa shape index (κ3) is 3.12. The molecule has 0 bridgehead atoms. The van der Waals surface area contributed by atoms with Crippen LogP contribution in [0.1, 0.15) is 27.2 Å². The number of carbonyl (C=O) groups is 1. The van der Waals surface area contributed by atoms with Crippen molar-refractivity contribution in [3.05, 3.63) is 41.8 Å². The standard InChI is InChI=1S/C17H20ClN3O2/c1-4-14-9-21(17(2,3)23-14)16(22)20-10-15(19-11-20)12-5-7-13(18)8-6-12/h5-8,10-11,14H,4,9H2,1-3H3. The molecule has 1 aromatic carbocycles. The molecule has 1 unspecified atom stereocenters. The van der Waals surface area contributed by atoms with Crippen molar-refractivity contribution in [3.8, 4) is 11.3 Å². The van der Waals surface area contributed by atoms with Gasteiger partial charge in [-0.2, -0.15) is 0 Å². The van der Waals surface area contributed by atoms with Crippen LogP contribution in [-0.4, -0.2) is 38.9 Å². The van der Waals surface area contributed by atoms with E-state index in [0.717, 1.165) is 17.7 Å². The van der Waals surface area contributed by atoms with E-state index in [0.29, 0.717) is 11.6 Å². The lowest BCUT2D eigenvalue weighted by molar-refractivity contribution is -0.0607. The maximum Gasteiger partial charge on any atom is 0.331 e. The highest BCUT2D eigenvalue weighted by molar-refractivity contribution is 6.30. The maximum absolute atomic E-state index is 12.8. The summed E-state index contributed by atoms with van der Waals surface area (Å²) in [4.78, 5) is 18.8. The van der Waals surface area contributed by atoms with Crippen LogP contribution < -0.4 is 0 Å². The first-order chi connectivity index (χ1) is 10.9. The lowest BCUT2D eigenvalue weighted by Crippen LogP contribution is -2.45. The highest BCUT2D eigenvalue weighted by Gasteiger charge is 2.42. The van der Waals surface area contributed by atoms with Gasteiger partial charge in [0.2, 0.25) is 0 Å². The van der Waals surface area contributed by atoms with E-state index in [1.165, 1.54) is 4.57 Å². The van der Waals surface area contributed by atoms with Gasteiger partial charge < -0.3 is 4.74 Å². The molecule has 0 aliphatic carbocycles. The predicted octanol–water partition coefficient (Wildman–Crippen LogP) is 4.02. The molecule has 2 heterocycles. The molecule has 0 saturated carbocycles. The Morgan fingerprint density at radius 2 is 2.09 bits per heavy atom. The van der Waals surface area contributed by atoms with Crippen molar-refractivity contribution in [2.75, 3.05) is 6.54 Å². The van der Waals surface area contributed by atoms with Crippen LogP contribution in [0, 0.1) is 0 Å². The summed E-state index contributed by atoms with van der Waals surface area (Å²) in [5.41, 5.74) is 1.05. The number of ether oxygens (including phenoxy) is 1. The van der Waals surface area contributed by atoms with Gasteiger partial charge in [-0.15, -0.1) is 0 Å². The Morgan fingerprint density at radius 1 is 1.39 bits per heavy atom. The van der Waals surface area contributed by atoms with Crippen molar-refractivity contribution in [2.24, 2.45) is 0 Å². The molecule has 0 N–H and O–H groups in total. The van der Waals surface area contributed by atoms with E-state index in [1.54, 1.807) is 29.6 Å². The molecule has 1 fully saturated rings. The summed E-state index contributed by atoms with van der Waals surface area (Å²) in [6.45, 7) is 6.48. The van der Waals surface area contributed by atoms with Crippen molar-refractivity contribution in [3.63, 3.8) is 0 Å².